The molecule has 0 radical (unpaired) electrons. The van der Waals surface area contributed by atoms with Gasteiger partial charge in [-0.25, -0.2) is 0 Å². The van der Waals surface area contributed by atoms with Gasteiger partial charge in [0.05, 0.1) is 11.8 Å². The highest BCUT2D eigenvalue weighted by atomic mass is 16.4. The Bertz CT molecular complexity index is 516. The van der Waals surface area contributed by atoms with E-state index in [1.807, 2.05) is 12.2 Å². The summed E-state index contributed by atoms with van der Waals surface area (Å²) in [6.45, 7) is 2.95. The molecule has 4 nitrogen and oxygen atoms in total. The predicted molar refractivity (Wildman–Crippen MR) is 119 cm³/mol. The van der Waals surface area contributed by atoms with Gasteiger partial charge in [-0.15, -0.1) is 0 Å². The topological polar surface area (TPSA) is 66.4 Å². The summed E-state index contributed by atoms with van der Waals surface area (Å²) in [7, 11) is 0. The zero-order chi connectivity index (χ0) is 20.9. The third-order valence-corrected chi connectivity index (χ3v) is 6.88. The van der Waals surface area contributed by atoms with Crippen molar-refractivity contribution >= 4 is 11.9 Å². The highest BCUT2D eigenvalue weighted by molar-refractivity contribution is 5.86. The van der Waals surface area contributed by atoms with E-state index in [1.54, 1.807) is 0 Å². The van der Waals surface area contributed by atoms with Gasteiger partial charge in [-0.1, -0.05) is 103 Å². The number of carbonyl (C=O) groups is 2. The fraction of sp³-hybridized carbons (Fsp3) is 0.840. The number of nitrogens with one attached hydrogen (secondary N) is 1. The largest absolute Gasteiger partial charge is 0.481 e. The summed E-state index contributed by atoms with van der Waals surface area (Å²) in [5.74, 6) is -1.59. The Labute approximate surface area is 177 Å². The van der Waals surface area contributed by atoms with Crippen LogP contribution in [-0.2, 0) is 9.59 Å². The Morgan fingerprint density at radius 1 is 0.759 bits per heavy atom. The number of carboxylic acids is 1. The Balaban J connectivity index is 1.40. The summed E-state index contributed by atoms with van der Waals surface area (Å²) < 4.78 is 0. The summed E-state index contributed by atoms with van der Waals surface area (Å²) in [5.41, 5.74) is 0. The van der Waals surface area contributed by atoms with Gasteiger partial charge in [0, 0.05) is 6.54 Å². The van der Waals surface area contributed by atoms with E-state index >= 15 is 0 Å². The molecule has 2 aliphatic carbocycles. The van der Waals surface area contributed by atoms with E-state index in [9.17, 15) is 14.7 Å². The molecule has 0 aromatic carbocycles. The fourth-order valence-corrected chi connectivity index (χ4v) is 5.17. The number of allylic oxidation sites excluding steroid dienone is 2. The summed E-state index contributed by atoms with van der Waals surface area (Å²) in [4.78, 5) is 24.0. The van der Waals surface area contributed by atoms with Crippen molar-refractivity contribution in [3.8, 4) is 0 Å². The second kappa shape index (κ2) is 13.8. The summed E-state index contributed by atoms with van der Waals surface area (Å²) >= 11 is 0. The average molecular weight is 406 g/mol. The van der Waals surface area contributed by atoms with Crippen LogP contribution in [0.3, 0.4) is 0 Å². The third kappa shape index (κ3) is 8.14. The molecule has 0 aromatic heterocycles. The first-order valence-electron chi connectivity index (χ1n) is 12.3. The number of unbranched alkanes of at least 4 members (excludes halogenated alkanes) is 13. The first kappa shape index (κ1) is 24.0. The Hall–Kier alpha value is -1.32. The molecule has 2 bridgehead atoms. The average Bonchev–Trinajstić information content (AvgIpc) is 3.32. The van der Waals surface area contributed by atoms with Gasteiger partial charge < -0.3 is 10.4 Å². The normalized spacial score (nSPS) is 24.9. The van der Waals surface area contributed by atoms with E-state index in [4.69, 9.17) is 0 Å². The van der Waals surface area contributed by atoms with Crippen molar-refractivity contribution < 1.29 is 14.7 Å². The van der Waals surface area contributed by atoms with Gasteiger partial charge in [0.2, 0.25) is 5.91 Å². The van der Waals surface area contributed by atoms with Gasteiger partial charge in [0.15, 0.2) is 0 Å². The Morgan fingerprint density at radius 3 is 1.69 bits per heavy atom. The van der Waals surface area contributed by atoms with Crippen LogP contribution < -0.4 is 5.32 Å². The van der Waals surface area contributed by atoms with Crippen molar-refractivity contribution in [2.24, 2.45) is 23.7 Å². The van der Waals surface area contributed by atoms with Crippen LogP contribution in [0.2, 0.25) is 0 Å². The zero-order valence-corrected chi connectivity index (χ0v) is 18.5. The molecule has 2 N–H and O–H groups in total. The molecule has 2 rings (SSSR count). The van der Waals surface area contributed by atoms with Gasteiger partial charge in [-0.05, 0) is 24.7 Å². The summed E-state index contributed by atoms with van der Waals surface area (Å²) in [5, 5.41) is 12.4. The lowest BCUT2D eigenvalue weighted by Gasteiger charge is -2.23. The van der Waals surface area contributed by atoms with Crippen LogP contribution in [0.4, 0.5) is 0 Å². The van der Waals surface area contributed by atoms with Gasteiger partial charge in [0.25, 0.3) is 0 Å². The number of carboxylic acid groups (broad SMARTS) is 1. The Kier molecular flexibility index (Phi) is 11.4. The molecule has 0 heterocycles. The van der Waals surface area contributed by atoms with Crippen LogP contribution in [0.25, 0.3) is 0 Å². The molecule has 166 valence electrons. The number of aliphatic carboxylic acids is 1. The number of amides is 1. The van der Waals surface area contributed by atoms with Crippen molar-refractivity contribution in [3.63, 3.8) is 0 Å². The van der Waals surface area contributed by atoms with Gasteiger partial charge >= 0.3 is 5.97 Å². The predicted octanol–water partition coefficient (Wildman–Crippen LogP) is 6.11. The molecule has 29 heavy (non-hydrogen) atoms. The van der Waals surface area contributed by atoms with Crippen molar-refractivity contribution in [2.45, 2.75) is 103 Å². The molecular formula is C25H43NO3. The first-order chi connectivity index (χ1) is 14.1. The van der Waals surface area contributed by atoms with Crippen molar-refractivity contribution in [1.82, 2.24) is 5.32 Å². The summed E-state index contributed by atoms with van der Waals surface area (Å²) in [6, 6.07) is 0. The lowest BCUT2D eigenvalue weighted by Crippen LogP contribution is -2.40. The molecule has 1 saturated carbocycles. The standard InChI is InChI=1S/C25H43NO3/c1-2-3-4-5-6-7-8-9-10-11-12-13-14-15-18-26-24(27)22-20-16-17-21(19-20)23(22)25(28)29/h16-17,20-23H,2-15,18-19H2,1H3,(H,26,27)(H,28,29)/t20-,21+,22-,23-/m0/s1. The van der Waals surface area contributed by atoms with Crippen LogP contribution in [0.5, 0.6) is 0 Å². The van der Waals surface area contributed by atoms with Gasteiger partial charge in [-0.2, -0.15) is 0 Å². The molecule has 1 amide bonds. The molecule has 0 aliphatic heterocycles. The molecule has 0 aromatic rings. The van der Waals surface area contributed by atoms with Crippen LogP contribution in [0, 0.1) is 23.7 Å². The second-order valence-electron chi connectivity index (χ2n) is 9.23. The van der Waals surface area contributed by atoms with E-state index in [0.29, 0.717) is 6.54 Å². The van der Waals surface area contributed by atoms with Crippen LogP contribution in [0.15, 0.2) is 12.2 Å². The SMILES string of the molecule is CCCCCCCCCCCCCCCCNC(=O)[C@@H]1[C@@H](C(=O)O)[C@@H]2C=C[C@H]1C2. The van der Waals surface area contributed by atoms with E-state index < -0.39 is 11.9 Å². The third-order valence-electron chi connectivity index (χ3n) is 6.88. The second-order valence-corrected chi connectivity index (χ2v) is 9.23. The van der Waals surface area contributed by atoms with E-state index in [2.05, 4.69) is 12.2 Å². The summed E-state index contributed by atoms with van der Waals surface area (Å²) in [6.07, 6.45) is 23.4. The monoisotopic (exact) mass is 405 g/mol. The minimum absolute atomic E-state index is 0.0503. The molecule has 2 aliphatic rings. The maximum absolute atomic E-state index is 12.5. The van der Waals surface area contributed by atoms with Crippen LogP contribution in [-0.4, -0.2) is 23.5 Å². The van der Waals surface area contributed by atoms with Crippen molar-refractivity contribution in [3.05, 3.63) is 12.2 Å². The van der Waals surface area contributed by atoms with E-state index in [0.717, 1.165) is 19.3 Å². The number of hydrogen-bond donors (Lipinski definition) is 2. The Morgan fingerprint density at radius 2 is 1.21 bits per heavy atom. The first-order valence-corrected chi connectivity index (χ1v) is 12.3. The molecule has 0 unspecified atom stereocenters. The number of hydrogen-bond acceptors (Lipinski definition) is 2. The molecule has 4 heteroatoms. The van der Waals surface area contributed by atoms with Crippen LogP contribution >= 0.6 is 0 Å². The van der Waals surface area contributed by atoms with Crippen LogP contribution in [0.1, 0.15) is 103 Å². The van der Waals surface area contributed by atoms with Crippen molar-refractivity contribution in [1.29, 1.82) is 0 Å². The number of carbonyl (C=O) groups excluding carboxylic acids is 1. The molecular weight excluding hydrogens is 362 g/mol. The van der Waals surface area contributed by atoms with Crippen molar-refractivity contribution in [2.75, 3.05) is 6.54 Å². The maximum atomic E-state index is 12.5. The molecule has 4 atom stereocenters. The van der Waals surface area contributed by atoms with E-state index in [1.165, 1.54) is 77.0 Å². The lowest BCUT2D eigenvalue weighted by atomic mass is 9.82. The van der Waals surface area contributed by atoms with E-state index in [-0.39, 0.29) is 23.7 Å². The molecule has 1 fully saturated rings. The smallest absolute Gasteiger partial charge is 0.307 e. The molecule has 0 saturated heterocycles. The fourth-order valence-electron chi connectivity index (χ4n) is 5.17. The van der Waals surface area contributed by atoms with Gasteiger partial charge in [0.1, 0.15) is 0 Å². The number of fused-ring (bicyclic) bond motifs is 2. The quantitative estimate of drug-likeness (QED) is 0.227. The highest BCUT2D eigenvalue weighted by Crippen LogP contribution is 2.48. The lowest BCUT2D eigenvalue weighted by molar-refractivity contribution is -0.147. The van der Waals surface area contributed by atoms with Gasteiger partial charge in [-0.3, -0.25) is 9.59 Å². The number of rotatable bonds is 17. The highest BCUT2D eigenvalue weighted by Gasteiger charge is 2.51. The minimum atomic E-state index is -0.821. The zero-order valence-electron chi connectivity index (χ0n) is 18.5. The minimum Gasteiger partial charge on any atom is -0.481 e. The molecule has 0 spiro atoms. The maximum Gasteiger partial charge on any atom is 0.307 e.